The van der Waals surface area contributed by atoms with Crippen LogP contribution in [0.25, 0.3) is 0 Å². The van der Waals surface area contributed by atoms with Crippen molar-refractivity contribution in [3.8, 4) is 0 Å². The summed E-state index contributed by atoms with van der Waals surface area (Å²) in [6.07, 6.45) is 3.44. The molecule has 0 unspecified atom stereocenters. The molecule has 106 valence electrons. The molecule has 1 aromatic carbocycles. The molecule has 0 radical (unpaired) electrons. The molecule has 0 aliphatic carbocycles. The first kappa shape index (κ1) is 14.1. The molecule has 0 spiro atoms. The van der Waals surface area contributed by atoms with E-state index >= 15 is 0 Å². The average Bonchev–Trinajstić information content (AvgIpc) is 2.89. The Labute approximate surface area is 117 Å². The SMILES string of the molecule is Cc1ccc(S(=O)(=O)NC(=O)NCc2cc[nH]c2)cc1. The first-order valence-corrected chi connectivity index (χ1v) is 7.45. The highest BCUT2D eigenvalue weighted by Gasteiger charge is 2.16. The third-order valence-corrected chi connectivity index (χ3v) is 4.02. The number of H-pyrrole nitrogens is 1. The van der Waals surface area contributed by atoms with Crippen LogP contribution in [0.2, 0.25) is 0 Å². The number of benzene rings is 1. The topological polar surface area (TPSA) is 91.1 Å². The Hall–Kier alpha value is -2.28. The van der Waals surface area contributed by atoms with Gasteiger partial charge in [0, 0.05) is 18.9 Å². The van der Waals surface area contributed by atoms with Crippen LogP contribution >= 0.6 is 0 Å². The highest BCUT2D eigenvalue weighted by molar-refractivity contribution is 7.90. The molecule has 0 fully saturated rings. The van der Waals surface area contributed by atoms with E-state index in [-0.39, 0.29) is 11.4 Å². The van der Waals surface area contributed by atoms with Crippen molar-refractivity contribution in [3.63, 3.8) is 0 Å². The van der Waals surface area contributed by atoms with E-state index in [2.05, 4.69) is 10.3 Å². The van der Waals surface area contributed by atoms with Gasteiger partial charge in [-0.25, -0.2) is 17.9 Å². The number of rotatable bonds is 4. The Morgan fingerprint density at radius 1 is 1.20 bits per heavy atom. The van der Waals surface area contributed by atoms with Crippen LogP contribution in [-0.4, -0.2) is 19.4 Å². The summed E-state index contributed by atoms with van der Waals surface area (Å²) in [4.78, 5) is 14.5. The number of carbonyl (C=O) groups is 1. The van der Waals surface area contributed by atoms with Gasteiger partial charge in [-0.3, -0.25) is 0 Å². The molecule has 2 aromatic rings. The third kappa shape index (κ3) is 3.61. The highest BCUT2D eigenvalue weighted by Crippen LogP contribution is 2.09. The van der Waals surface area contributed by atoms with Gasteiger partial charge in [0.2, 0.25) is 0 Å². The first-order chi connectivity index (χ1) is 9.47. The second kappa shape index (κ2) is 5.79. The largest absolute Gasteiger partial charge is 0.367 e. The highest BCUT2D eigenvalue weighted by atomic mass is 32.2. The smallest absolute Gasteiger partial charge is 0.328 e. The summed E-state index contributed by atoms with van der Waals surface area (Å²) in [5.41, 5.74) is 1.80. The number of aryl methyl sites for hydroxylation is 1. The Balaban J connectivity index is 1.97. The molecule has 0 atom stereocenters. The average molecular weight is 293 g/mol. The van der Waals surface area contributed by atoms with E-state index in [0.717, 1.165) is 11.1 Å². The molecule has 20 heavy (non-hydrogen) atoms. The van der Waals surface area contributed by atoms with Crippen molar-refractivity contribution in [1.29, 1.82) is 0 Å². The number of aromatic amines is 1. The minimum Gasteiger partial charge on any atom is -0.367 e. The van der Waals surface area contributed by atoms with Gasteiger partial charge in [-0.15, -0.1) is 0 Å². The summed E-state index contributed by atoms with van der Waals surface area (Å²) in [5, 5.41) is 2.47. The van der Waals surface area contributed by atoms with Crippen molar-refractivity contribution in [2.45, 2.75) is 18.4 Å². The minimum atomic E-state index is -3.84. The van der Waals surface area contributed by atoms with Crippen LogP contribution in [0.15, 0.2) is 47.6 Å². The number of nitrogens with one attached hydrogen (secondary N) is 3. The predicted molar refractivity (Wildman–Crippen MR) is 74.5 cm³/mol. The van der Waals surface area contributed by atoms with Crippen molar-refractivity contribution < 1.29 is 13.2 Å². The molecule has 2 rings (SSSR count). The Morgan fingerprint density at radius 2 is 1.90 bits per heavy atom. The molecule has 2 amide bonds. The number of carbonyl (C=O) groups excluding carboxylic acids is 1. The van der Waals surface area contributed by atoms with Crippen molar-refractivity contribution in [2.75, 3.05) is 0 Å². The summed E-state index contributed by atoms with van der Waals surface area (Å²) in [7, 11) is -3.84. The molecule has 0 aliphatic heterocycles. The van der Waals surface area contributed by atoms with Crippen LogP contribution in [0.3, 0.4) is 0 Å². The second-order valence-electron chi connectivity index (χ2n) is 4.32. The van der Waals surface area contributed by atoms with Crippen LogP contribution in [0.5, 0.6) is 0 Å². The van der Waals surface area contributed by atoms with Crippen molar-refractivity contribution in [2.24, 2.45) is 0 Å². The lowest BCUT2D eigenvalue weighted by Gasteiger charge is -2.08. The van der Waals surface area contributed by atoms with E-state index in [1.165, 1.54) is 12.1 Å². The lowest BCUT2D eigenvalue weighted by molar-refractivity contribution is 0.245. The first-order valence-electron chi connectivity index (χ1n) is 5.96. The van der Waals surface area contributed by atoms with Gasteiger partial charge >= 0.3 is 6.03 Å². The quantitative estimate of drug-likeness (QED) is 0.798. The summed E-state index contributed by atoms with van der Waals surface area (Å²) in [6.45, 7) is 2.10. The van der Waals surface area contributed by atoms with Crippen molar-refractivity contribution in [1.82, 2.24) is 15.0 Å². The van der Waals surface area contributed by atoms with Gasteiger partial charge < -0.3 is 10.3 Å². The number of urea groups is 1. The molecule has 0 saturated heterocycles. The number of hydrogen-bond acceptors (Lipinski definition) is 3. The van der Waals surface area contributed by atoms with Crippen LogP contribution < -0.4 is 10.0 Å². The van der Waals surface area contributed by atoms with Gasteiger partial charge in [0.25, 0.3) is 10.0 Å². The maximum absolute atomic E-state index is 11.9. The van der Waals surface area contributed by atoms with E-state index in [9.17, 15) is 13.2 Å². The number of aromatic nitrogens is 1. The van der Waals surface area contributed by atoms with Crippen LogP contribution in [0, 0.1) is 6.92 Å². The Kier molecular flexibility index (Phi) is 4.09. The number of amides is 2. The Bertz CT molecular complexity index is 676. The van der Waals surface area contributed by atoms with Gasteiger partial charge in [0.15, 0.2) is 0 Å². The number of hydrogen-bond donors (Lipinski definition) is 3. The fourth-order valence-electron chi connectivity index (χ4n) is 1.59. The predicted octanol–water partition coefficient (Wildman–Crippen LogP) is 1.51. The molecular formula is C13H15N3O3S. The fourth-order valence-corrected chi connectivity index (χ4v) is 2.51. The minimum absolute atomic E-state index is 0.0555. The fraction of sp³-hybridized carbons (Fsp3) is 0.154. The molecule has 7 heteroatoms. The number of sulfonamides is 1. The summed E-state index contributed by atoms with van der Waals surface area (Å²) < 4.78 is 25.8. The zero-order valence-electron chi connectivity index (χ0n) is 10.9. The molecule has 3 N–H and O–H groups in total. The molecular weight excluding hydrogens is 278 g/mol. The van der Waals surface area contributed by atoms with Crippen LogP contribution in [0.1, 0.15) is 11.1 Å². The van der Waals surface area contributed by atoms with Crippen molar-refractivity contribution in [3.05, 3.63) is 53.9 Å². The van der Waals surface area contributed by atoms with Crippen LogP contribution in [-0.2, 0) is 16.6 Å². The van der Waals surface area contributed by atoms with Gasteiger partial charge in [0.1, 0.15) is 0 Å². The molecule has 1 heterocycles. The normalized spacial score (nSPS) is 11.1. The molecule has 0 aliphatic rings. The monoisotopic (exact) mass is 293 g/mol. The molecule has 6 nitrogen and oxygen atoms in total. The van der Waals surface area contributed by atoms with E-state index in [0.29, 0.717) is 0 Å². The van der Waals surface area contributed by atoms with Gasteiger partial charge in [-0.2, -0.15) is 0 Å². The Morgan fingerprint density at radius 3 is 2.50 bits per heavy atom. The lowest BCUT2D eigenvalue weighted by atomic mass is 10.2. The third-order valence-electron chi connectivity index (χ3n) is 2.67. The lowest BCUT2D eigenvalue weighted by Crippen LogP contribution is -2.38. The van der Waals surface area contributed by atoms with Crippen LogP contribution in [0.4, 0.5) is 4.79 Å². The second-order valence-corrected chi connectivity index (χ2v) is 6.00. The van der Waals surface area contributed by atoms with Gasteiger partial charge in [-0.05, 0) is 30.7 Å². The van der Waals surface area contributed by atoms with Gasteiger partial charge in [-0.1, -0.05) is 17.7 Å². The summed E-state index contributed by atoms with van der Waals surface area (Å²) >= 11 is 0. The van der Waals surface area contributed by atoms with E-state index in [1.807, 2.05) is 11.6 Å². The van der Waals surface area contributed by atoms with E-state index in [4.69, 9.17) is 0 Å². The zero-order chi connectivity index (χ0) is 14.6. The van der Waals surface area contributed by atoms with E-state index < -0.39 is 16.1 Å². The van der Waals surface area contributed by atoms with Gasteiger partial charge in [0.05, 0.1) is 4.90 Å². The zero-order valence-corrected chi connectivity index (χ0v) is 11.7. The standard InChI is InChI=1S/C13H15N3O3S/c1-10-2-4-12(5-3-10)20(18,19)16-13(17)15-9-11-6-7-14-8-11/h2-8,14H,9H2,1H3,(H2,15,16,17). The maximum Gasteiger partial charge on any atom is 0.328 e. The maximum atomic E-state index is 11.9. The summed E-state index contributed by atoms with van der Waals surface area (Å²) in [6, 6.07) is 7.29. The molecule has 0 bridgehead atoms. The molecule has 0 saturated carbocycles. The summed E-state index contributed by atoms with van der Waals surface area (Å²) in [5.74, 6) is 0. The van der Waals surface area contributed by atoms with E-state index in [1.54, 1.807) is 30.6 Å². The molecule has 1 aromatic heterocycles. The van der Waals surface area contributed by atoms with Crippen molar-refractivity contribution >= 4 is 16.1 Å².